The van der Waals surface area contributed by atoms with Gasteiger partial charge in [0, 0.05) is 53.4 Å². The highest BCUT2D eigenvalue weighted by molar-refractivity contribution is 7.13. The van der Waals surface area contributed by atoms with Crippen molar-refractivity contribution in [1.82, 2.24) is 19.5 Å². The zero-order valence-electron chi connectivity index (χ0n) is 13.9. The van der Waals surface area contributed by atoms with Crippen LogP contribution in [0.3, 0.4) is 0 Å². The van der Waals surface area contributed by atoms with Crippen molar-refractivity contribution in [1.29, 1.82) is 0 Å². The fourth-order valence-corrected chi connectivity index (χ4v) is 3.84. The third-order valence-electron chi connectivity index (χ3n) is 4.17. The average molecular weight is 343 g/mol. The molecule has 0 saturated heterocycles. The molecule has 3 aromatic heterocycles. The van der Waals surface area contributed by atoms with Gasteiger partial charge in [-0.3, -0.25) is 4.79 Å². The van der Waals surface area contributed by atoms with Crippen LogP contribution in [0.15, 0.2) is 24.1 Å². The van der Waals surface area contributed by atoms with E-state index < -0.39 is 5.91 Å². The fraction of sp³-hybridized carbons (Fsp3) is 0.353. The van der Waals surface area contributed by atoms with Crippen LogP contribution in [0, 0.1) is 6.92 Å². The number of nitrogens with two attached hydrogens (primary N) is 1. The molecule has 0 fully saturated rings. The van der Waals surface area contributed by atoms with E-state index in [-0.39, 0.29) is 0 Å². The maximum atomic E-state index is 12.1. The van der Waals surface area contributed by atoms with E-state index in [1.807, 2.05) is 18.5 Å². The third kappa shape index (κ3) is 2.99. The minimum atomic E-state index is -0.393. The summed E-state index contributed by atoms with van der Waals surface area (Å²) in [6.45, 7) is 4.87. The van der Waals surface area contributed by atoms with Gasteiger partial charge < -0.3 is 15.3 Å². The summed E-state index contributed by atoms with van der Waals surface area (Å²) in [6, 6.07) is 0. The molecule has 0 aliphatic carbocycles. The lowest BCUT2D eigenvalue weighted by molar-refractivity contribution is 0.1000. The quantitative estimate of drug-likeness (QED) is 0.691. The molecule has 0 radical (unpaired) electrons. The molecule has 1 amide bonds. The SMILES string of the molecule is CCCc1c(-c2nccs2)c(C(N)=O)c(C)n1CCc1cnc[nH]1. The highest BCUT2D eigenvalue weighted by Gasteiger charge is 2.25. The number of thiazole rings is 1. The van der Waals surface area contributed by atoms with Crippen LogP contribution in [0.5, 0.6) is 0 Å². The van der Waals surface area contributed by atoms with E-state index in [9.17, 15) is 4.79 Å². The number of aromatic amines is 1. The largest absolute Gasteiger partial charge is 0.366 e. The first kappa shape index (κ1) is 16.4. The first-order chi connectivity index (χ1) is 11.6. The zero-order chi connectivity index (χ0) is 17.1. The second-order valence-electron chi connectivity index (χ2n) is 5.71. The molecule has 0 saturated carbocycles. The van der Waals surface area contributed by atoms with Crippen LogP contribution < -0.4 is 5.73 Å². The molecule has 0 spiro atoms. The summed E-state index contributed by atoms with van der Waals surface area (Å²) in [5.74, 6) is -0.393. The van der Waals surface area contributed by atoms with E-state index in [0.29, 0.717) is 5.56 Å². The Kier molecular flexibility index (Phi) is 4.80. The number of nitrogens with zero attached hydrogens (tertiary/aromatic N) is 3. The van der Waals surface area contributed by atoms with Gasteiger partial charge in [-0.2, -0.15) is 0 Å². The maximum absolute atomic E-state index is 12.1. The number of aryl methyl sites for hydroxylation is 1. The summed E-state index contributed by atoms with van der Waals surface area (Å²) in [6.07, 6.45) is 7.96. The Morgan fingerprint density at radius 2 is 2.25 bits per heavy atom. The molecule has 0 atom stereocenters. The van der Waals surface area contributed by atoms with Crippen LogP contribution in [-0.2, 0) is 19.4 Å². The minimum absolute atomic E-state index is 0.393. The maximum Gasteiger partial charge on any atom is 0.251 e. The molecular formula is C17H21N5OS. The number of nitrogens with one attached hydrogen (secondary N) is 1. The van der Waals surface area contributed by atoms with Gasteiger partial charge in [-0.15, -0.1) is 11.3 Å². The predicted octanol–water partition coefficient (Wildman–Crippen LogP) is 2.94. The molecular weight excluding hydrogens is 322 g/mol. The van der Waals surface area contributed by atoms with E-state index in [4.69, 9.17) is 5.73 Å². The van der Waals surface area contributed by atoms with Crippen molar-refractivity contribution >= 4 is 17.2 Å². The predicted molar refractivity (Wildman–Crippen MR) is 95.1 cm³/mol. The normalized spacial score (nSPS) is 11.1. The lowest BCUT2D eigenvalue weighted by Crippen LogP contribution is -2.14. The molecule has 24 heavy (non-hydrogen) atoms. The summed E-state index contributed by atoms with van der Waals surface area (Å²) in [5, 5.41) is 2.78. The number of amides is 1. The standard InChI is InChI=1S/C17H21N5OS/c1-3-4-13-15(17-20-6-8-24-17)14(16(18)23)11(2)22(13)7-5-12-9-19-10-21-12/h6,8-10H,3-5,7H2,1-2H3,(H2,18,23)(H,19,21). The lowest BCUT2D eigenvalue weighted by atomic mass is 10.1. The summed E-state index contributed by atoms with van der Waals surface area (Å²) >= 11 is 1.54. The Balaban J connectivity index is 2.09. The molecule has 6 nitrogen and oxygen atoms in total. The van der Waals surface area contributed by atoms with Gasteiger partial charge in [-0.1, -0.05) is 13.3 Å². The molecule has 3 rings (SSSR count). The second-order valence-corrected chi connectivity index (χ2v) is 6.61. The number of carbonyl (C=O) groups is 1. The highest BCUT2D eigenvalue weighted by atomic mass is 32.1. The number of hydrogen-bond donors (Lipinski definition) is 2. The molecule has 126 valence electrons. The number of carbonyl (C=O) groups excluding carboxylic acids is 1. The van der Waals surface area contributed by atoms with Gasteiger partial charge in [0.1, 0.15) is 5.01 Å². The molecule has 7 heteroatoms. The Bertz CT molecular complexity index is 818. The molecule has 3 N–H and O–H groups in total. The summed E-state index contributed by atoms with van der Waals surface area (Å²) in [7, 11) is 0. The Labute approximate surface area is 144 Å². The van der Waals surface area contributed by atoms with Crippen LogP contribution in [0.1, 0.15) is 40.8 Å². The zero-order valence-corrected chi connectivity index (χ0v) is 14.7. The first-order valence-electron chi connectivity index (χ1n) is 8.02. The van der Waals surface area contributed by atoms with Crippen LogP contribution in [-0.4, -0.2) is 25.4 Å². The molecule has 3 heterocycles. The number of primary amides is 1. The monoisotopic (exact) mass is 343 g/mol. The smallest absolute Gasteiger partial charge is 0.251 e. The van der Waals surface area contributed by atoms with Crippen LogP contribution in [0.4, 0.5) is 0 Å². The summed E-state index contributed by atoms with van der Waals surface area (Å²) in [5.41, 5.74) is 10.3. The van der Waals surface area contributed by atoms with E-state index >= 15 is 0 Å². The second kappa shape index (κ2) is 7.00. The van der Waals surface area contributed by atoms with Crippen LogP contribution in [0.25, 0.3) is 10.6 Å². The van der Waals surface area contributed by atoms with E-state index in [1.54, 1.807) is 12.5 Å². The van der Waals surface area contributed by atoms with Gasteiger partial charge in [-0.25, -0.2) is 9.97 Å². The highest BCUT2D eigenvalue weighted by Crippen LogP contribution is 2.34. The lowest BCUT2D eigenvalue weighted by Gasteiger charge is -2.11. The van der Waals surface area contributed by atoms with Crippen LogP contribution in [0.2, 0.25) is 0 Å². The van der Waals surface area contributed by atoms with Crippen molar-refractivity contribution in [2.24, 2.45) is 5.73 Å². The van der Waals surface area contributed by atoms with Crippen molar-refractivity contribution in [2.75, 3.05) is 0 Å². The van der Waals surface area contributed by atoms with E-state index in [2.05, 4.69) is 26.4 Å². The summed E-state index contributed by atoms with van der Waals surface area (Å²) < 4.78 is 2.21. The Hall–Kier alpha value is -2.41. The number of aromatic nitrogens is 4. The molecule has 0 bridgehead atoms. The molecule has 0 aliphatic heterocycles. The van der Waals surface area contributed by atoms with Gasteiger partial charge in [0.25, 0.3) is 5.91 Å². The number of H-pyrrole nitrogens is 1. The van der Waals surface area contributed by atoms with Gasteiger partial charge in [0.15, 0.2) is 0 Å². The van der Waals surface area contributed by atoms with Crippen molar-refractivity contribution in [3.63, 3.8) is 0 Å². The molecule has 3 aromatic rings. The van der Waals surface area contributed by atoms with Gasteiger partial charge >= 0.3 is 0 Å². The minimum Gasteiger partial charge on any atom is -0.366 e. The van der Waals surface area contributed by atoms with Gasteiger partial charge in [0.2, 0.25) is 0 Å². The first-order valence-corrected chi connectivity index (χ1v) is 8.90. The van der Waals surface area contributed by atoms with Gasteiger partial charge in [-0.05, 0) is 13.3 Å². The number of hydrogen-bond acceptors (Lipinski definition) is 4. The number of rotatable bonds is 7. The molecule has 0 aliphatic rings. The summed E-state index contributed by atoms with van der Waals surface area (Å²) in [4.78, 5) is 23.7. The van der Waals surface area contributed by atoms with Crippen molar-refractivity contribution in [3.05, 3.63) is 46.7 Å². The van der Waals surface area contributed by atoms with E-state index in [0.717, 1.165) is 53.5 Å². The number of imidazole rings is 1. The van der Waals surface area contributed by atoms with Crippen molar-refractivity contribution in [3.8, 4) is 10.6 Å². The van der Waals surface area contributed by atoms with Crippen molar-refractivity contribution < 1.29 is 4.79 Å². The fourth-order valence-electron chi connectivity index (χ4n) is 3.13. The Morgan fingerprint density at radius 1 is 1.42 bits per heavy atom. The topological polar surface area (TPSA) is 89.6 Å². The van der Waals surface area contributed by atoms with Crippen LogP contribution >= 0.6 is 11.3 Å². The van der Waals surface area contributed by atoms with Crippen molar-refractivity contribution in [2.45, 2.75) is 39.7 Å². The third-order valence-corrected chi connectivity index (χ3v) is 4.96. The molecule has 0 unspecified atom stereocenters. The molecule has 0 aromatic carbocycles. The van der Waals surface area contributed by atoms with E-state index in [1.165, 1.54) is 11.3 Å². The van der Waals surface area contributed by atoms with Gasteiger partial charge in [0.05, 0.1) is 11.9 Å². The average Bonchev–Trinajstić information content (AvgIpc) is 3.26. The Morgan fingerprint density at radius 3 is 2.83 bits per heavy atom.